The molecule has 2 fully saturated rings. The lowest BCUT2D eigenvalue weighted by molar-refractivity contribution is 0.330. The summed E-state index contributed by atoms with van der Waals surface area (Å²) in [4.78, 5) is 0. The van der Waals surface area contributed by atoms with Crippen molar-refractivity contribution in [3.8, 4) is 0 Å². The van der Waals surface area contributed by atoms with Gasteiger partial charge in [0, 0.05) is 31.6 Å². The Morgan fingerprint density at radius 3 is 2.67 bits per heavy atom. The lowest BCUT2D eigenvalue weighted by Gasteiger charge is -2.27. The minimum atomic E-state index is 0.744. The lowest BCUT2D eigenvalue weighted by Crippen LogP contribution is -2.47. The molecule has 2 atom stereocenters. The monoisotopic (exact) mass is 202 g/mol. The molecule has 1 aliphatic carbocycles. The highest BCUT2D eigenvalue weighted by Crippen LogP contribution is 2.40. The number of rotatable bonds is 4. The van der Waals surface area contributed by atoms with Gasteiger partial charge in [-0.3, -0.25) is 0 Å². The Morgan fingerprint density at radius 2 is 2.00 bits per heavy atom. The number of hydrogen-bond acceptors (Lipinski definition) is 2. The molecular formula is C13H18N2. The zero-order valence-corrected chi connectivity index (χ0v) is 8.95. The molecule has 1 heterocycles. The van der Waals surface area contributed by atoms with Gasteiger partial charge in [-0.1, -0.05) is 30.3 Å². The van der Waals surface area contributed by atoms with E-state index in [9.17, 15) is 0 Å². The van der Waals surface area contributed by atoms with Crippen molar-refractivity contribution in [3.05, 3.63) is 35.9 Å². The van der Waals surface area contributed by atoms with Gasteiger partial charge in [-0.2, -0.15) is 0 Å². The van der Waals surface area contributed by atoms with Crippen LogP contribution in [0.1, 0.15) is 17.9 Å². The van der Waals surface area contributed by atoms with Gasteiger partial charge in [0.15, 0.2) is 0 Å². The van der Waals surface area contributed by atoms with Crippen LogP contribution in [-0.4, -0.2) is 25.7 Å². The zero-order valence-electron chi connectivity index (χ0n) is 8.95. The van der Waals surface area contributed by atoms with Crippen LogP contribution in [0.15, 0.2) is 30.3 Å². The molecule has 80 valence electrons. The predicted molar refractivity (Wildman–Crippen MR) is 62.0 cm³/mol. The van der Waals surface area contributed by atoms with Crippen molar-refractivity contribution >= 4 is 0 Å². The van der Waals surface area contributed by atoms with Gasteiger partial charge in [0.1, 0.15) is 0 Å². The first-order chi connectivity index (χ1) is 7.43. The van der Waals surface area contributed by atoms with Crippen molar-refractivity contribution in [2.75, 3.05) is 19.6 Å². The fraction of sp³-hybridized carbons (Fsp3) is 0.538. The van der Waals surface area contributed by atoms with Gasteiger partial charge in [-0.25, -0.2) is 0 Å². The number of hydrogen-bond donors (Lipinski definition) is 2. The van der Waals surface area contributed by atoms with E-state index in [1.807, 2.05) is 0 Å². The highest BCUT2D eigenvalue weighted by atomic mass is 15.0. The summed E-state index contributed by atoms with van der Waals surface area (Å²) in [5.74, 6) is 1.65. The van der Waals surface area contributed by atoms with Gasteiger partial charge >= 0.3 is 0 Å². The largest absolute Gasteiger partial charge is 0.316 e. The molecule has 0 radical (unpaired) electrons. The third-order valence-electron chi connectivity index (χ3n) is 3.55. The van der Waals surface area contributed by atoms with E-state index in [-0.39, 0.29) is 0 Å². The summed E-state index contributed by atoms with van der Waals surface area (Å²) in [5.41, 5.74) is 1.50. The Morgan fingerprint density at radius 1 is 1.20 bits per heavy atom. The third-order valence-corrected chi connectivity index (χ3v) is 3.55. The van der Waals surface area contributed by atoms with Crippen molar-refractivity contribution in [3.63, 3.8) is 0 Å². The second kappa shape index (κ2) is 3.95. The van der Waals surface area contributed by atoms with Gasteiger partial charge in [-0.05, 0) is 17.9 Å². The van der Waals surface area contributed by atoms with Crippen LogP contribution in [0.4, 0.5) is 0 Å². The van der Waals surface area contributed by atoms with Crippen LogP contribution in [0, 0.1) is 5.92 Å². The average Bonchev–Trinajstić information content (AvgIpc) is 2.96. The second-order valence-corrected chi connectivity index (χ2v) is 4.79. The first-order valence-electron chi connectivity index (χ1n) is 5.92. The first-order valence-corrected chi connectivity index (χ1v) is 5.92. The molecule has 0 bridgehead atoms. The van der Waals surface area contributed by atoms with E-state index in [1.54, 1.807) is 0 Å². The van der Waals surface area contributed by atoms with Crippen LogP contribution in [0.25, 0.3) is 0 Å². The van der Waals surface area contributed by atoms with E-state index < -0.39 is 0 Å². The molecule has 1 aromatic carbocycles. The fourth-order valence-corrected chi connectivity index (χ4v) is 2.30. The number of benzene rings is 1. The maximum Gasteiger partial charge on any atom is 0.0143 e. The maximum atomic E-state index is 3.67. The molecule has 2 aliphatic rings. The van der Waals surface area contributed by atoms with E-state index in [0.717, 1.165) is 17.9 Å². The summed E-state index contributed by atoms with van der Waals surface area (Å²) < 4.78 is 0. The first kappa shape index (κ1) is 9.37. The molecule has 2 N–H and O–H groups in total. The van der Waals surface area contributed by atoms with Crippen LogP contribution in [-0.2, 0) is 0 Å². The van der Waals surface area contributed by atoms with Gasteiger partial charge in [-0.15, -0.1) is 0 Å². The molecule has 1 saturated heterocycles. The second-order valence-electron chi connectivity index (χ2n) is 4.79. The lowest BCUT2D eigenvalue weighted by atomic mass is 10.0. The standard InChI is InChI=1S/C13H18N2/c1-2-4-11(5-3-1)12-6-13(12)15-9-10-7-14-8-10/h1-5,10,12-15H,6-9H2/t12-,13-/m1/s1. The van der Waals surface area contributed by atoms with E-state index >= 15 is 0 Å². The molecule has 2 heteroatoms. The van der Waals surface area contributed by atoms with Crippen molar-refractivity contribution < 1.29 is 0 Å². The van der Waals surface area contributed by atoms with E-state index in [2.05, 4.69) is 41.0 Å². The van der Waals surface area contributed by atoms with Crippen LogP contribution in [0.2, 0.25) is 0 Å². The van der Waals surface area contributed by atoms with Crippen LogP contribution in [0.5, 0.6) is 0 Å². The molecule has 1 aromatic rings. The zero-order chi connectivity index (χ0) is 10.1. The van der Waals surface area contributed by atoms with Crippen molar-refractivity contribution in [2.24, 2.45) is 5.92 Å². The average molecular weight is 202 g/mol. The maximum absolute atomic E-state index is 3.67. The Kier molecular flexibility index (Phi) is 2.47. The predicted octanol–water partition coefficient (Wildman–Crippen LogP) is 1.35. The third kappa shape index (κ3) is 2.06. The van der Waals surface area contributed by atoms with Crippen molar-refractivity contribution in [1.29, 1.82) is 0 Å². The van der Waals surface area contributed by atoms with Gasteiger partial charge < -0.3 is 10.6 Å². The Bertz CT molecular complexity index is 319. The summed E-state index contributed by atoms with van der Waals surface area (Å²) in [6, 6.07) is 11.6. The summed E-state index contributed by atoms with van der Waals surface area (Å²) in [6.45, 7) is 3.60. The van der Waals surface area contributed by atoms with Gasteiger partial charge in [0.25, 0.3) is 0 Å². The van der Waals surface area contributed by atoms with Gasteiger partial charge in [0.05, 0.1) is 0 Å². The molecule has 0 aromatic heterocycles. The van der Waals surface area contributed by atoms with E-state index in [4.69, 9.17) is 0 Å². The molecule has 2 nitrogen and oxygen atoms in total. The fourth-order valence-electron chi connectivity index (χ4n) is 2.30. The van der Waals surface area contributed by atoms with Crippen molar-refractivity contribution in [1.82, 2.24) is 10.6 Å². The number of nitrogens with one attached hydrogen (secondary N) is 2. The van der Waals surface area contributed by atoms with E-state index in [1.165, 1.54) is 31.6 Å². The highest BCUT2D eigenvalue weighted by molar-refractivity contribution is 5.27. The smallest absolute Gasteiger partial charge is 0.0143 e. The summed E-state index contributed by atoms with van der Waals surface area (Å²) >= 11 is 0. The normalized spacial score (nSPS) is 29.9. The Hall–Kier alpha value is -0.860. The summed E-state index contributed by atoms with van der Waals surface area (Å²) in [5, 5.41) is 6.98. The molecule has 0 amide bonds. The summed E-state index contributed by atoms with van der Waals surface area (Å²) in [6.07, 6.45) is 1.32. The molecule has 1 aliphatic heterocycles. The van der Waals surface area contributed by atoms with Gasteiger partial charge in [0.2, 0.25) is 0 Å². The molecule has 1 saturated carbocycles. The van der Waals surface area contributed by atoms with Crippen LogP contribution < -0.4 is 10.6 Å². The molecule has 0 unspecified atom stereocenters. The minimum Gasteiger partial charge on any atom is -0.316 e. The topological polar surface area (TPSA) is 24.1 Å². The Balaban J connectivity index is 1.47. The molecular weight excluding hydrogens is 184 g/mol. The highest BCUT2D eigenvalue weighted by Gasteiger charge is 2.38. The van der Waals surface area contributed by atoms with E-state index in [0.29, 0.717) is 0 Å². The molecule has 0 spiro atoms. The summed E-state index contributed by atoms with van der Waals surface area (Å²) in [7, 11) is 0. The SMILES string of the molecule is c1ccc([C@H]2C[C@H]2NCC2CNC2)cc1. The Labute approximate surface area is 91.1 Å². The molecule has 3 rings (SSSR count). The molecule has 15 heavy (non-hydrogen) atoms. The van der Waals surface area contributed by atoms with Crippen LogP contribution >= 0.6 is 0 Å². The minimum absolute atomic E-state index is 0.744. The van der Waals surface area contributed by atoms with Crippen LogP contribution in [0.3, 0.4) is 0 Å². The van der Waals surface area contributed by atoms with Crippen molar-refractivity contribution in [2.45, 2.75) is 18.4 Å². The quantitative estimate of drug-likeness (QED) is 0.770.